The molecule has 0 saturated carbocycles. The van der Waals surface area contributed by atoms with E-state index < -0.39 is 20.6 Å². The van der Waals surface area contributed by atoms with Gasteiger partial charge in [-0.05, 0) is 46.1 Å². The lowest BCUT2D eigenvalue weighted by Crippen LogP contribution is -2.41. The van der Waals surface area contributed by atoms with Gasteiger partial charge in [-0.3, -0.25) is 4.79 Å². The first kappa shape index (κ1) is 16.4. The Kier molecular flexibility index (Phi) is 5.38. The SMILES string of the molecule is CC(C)(C)S(=O)(=O)CCN1CCCC(CC(=O)O)C1. The van der Waals surface area contributed by atoms with E-state index in [0.717, 1.165) is 19.4 Å². The summed E-state index contributed by atoms with van der Waals surface area (Å²) in [7, 11) is -3.10. The fraction of sp³-hybridized carbons (Fsp3) is 0.923. The van der Waals surface area contributed by atoms with Crippen LogP contribution in [0.15, 0.2) is 0 Å². The monoisotopic (exact) mass is 291 g/mol. The van der Waals surface area contributed by atoms with Crippen LogP contribution in [0.5, 0.6) is 0 Å². The van der Waals surface area contributed by atoms with E-state index in [2.05, 4.69) is 4.90 Å². The zero-order valence-electron chi connectivity index (χ0n) is 12.1. The maximum absolute atomic E-state index is 12.0. The molecule has 1 rings (SSSR count). The van der Waals surface area contributed by atoms with Gasteiger partial charge < -0.3 is 10.0 Å². The normalized spacial score (nSPS) is 22.4. The Bertz CT molecular complexity index is 411. The maximum Gasteiger partial charge on any atom is 0.303 e. The number of carbonyl (C=O) groups is 1. The van der Waals surface area contributed by atoms with Crippen molar-refractivity contribution in [3.63, 3.8) is 0 Å². The molecule has 0 amide bonds. The van der Waals surface area contributed by atoms with Crippen molar-refractivity contribution in [2.75, 3.05) is 25.4 Å². The molecule has 1 aliphatic heterocycles. The van der Waals surface area contributed by atoms with Crippen LogP contribution in [0.1, 0.15) is 40.0 Å². The Labute approximate surface area is 115 Å². The first-order chi connectivity index (χ1) is 8.62. The zero-order chi connectivity index (χ0) is 14.7. The highest BCUT2D eigenvalue weighted by Gasteiger charge is 2.30. The summed E-state index contributed by atoms with van der Waals surface area (Å²) < 4.78 is 23.3. The molecule has 1 heterocycles. The average molecular weight is 291 g/mol. The summed E-state index contributed by atoms with van der Waals surface area (Å²) in [5.74, 6) is -0.464. The van der Waals surface area contributed by atoms with Gasteiger partial charge in [0.15, 0.2) is 9.84 Å². The summed E-state index contributed by atoms with van der Waals surface area (Å²) in [6.45, 7) is 7.22. The van der Waals surface area contributed by atoms with Gasteiger partial charge in [-0.25, -0.2) is 8.42 Å². The molecule has 1 N–H and O–H groups in total. The molecule has 0 aromatic rings. The molecule has 0 bridgehead atoms. The Balaban J connectivity index is 2.48. The summed E-state index contributed by atoms with van der Waals surface area (Å²) in [6.07, 6.45) is 2.06. The summed E-state index contributed by atoms with van der Waals surface area (Å²) >= 11 is 0. The number of sulfone groups is 1. The Hall–Kier alpha value is -0.620. The number of hydrogen-bond donors (Lipinski definition) is 1. The van der Waals surface area contributed by atoms with Crippen LogP contribution in [0.25, 0.3) is 0 Å². The number of piperidine rings is 1. The van der Waals surface area contributed by atoms with Crippen LogP contribution in [0.3, 0.4) is 0 Å². The van der Waals surface area contributed by atoms with Crippen molar-refractivity contribution in [2.45, 2.75) is 44.8 Å². The molecule has 0 aromatic heterocycles. The van der Waals surface area contributed by atoms with Crippen LogP contribution in [-0.4, -0.2) is 54.5 Å². The highest BCUT2D eigenvalue weighted by atomic mass is 32.2. The summed E-state index contributed by atoms with van der Waals surface area (Å²) in [6, 6.07) is 0. The van der Waals surface area contributed by atoms with E-state index >= 15 is 0 Å². The van der Waals surface area contributed by atoms with Gasteiger partial charge in [-0.15, -0.1) is 0 Å². The van der Waals surface area contributed by atoms with Gasteiger partial charge in [0.25, 0.3) is 0 Å². The molecule has 0 aliphatic carbocycles. The number of rotatable bonds is 5. The molecule has 1 fully saturated rings. The predicted molar refractivity (Wildman–Crippen MR) is 75.0 cm³/mol. The third-order valence-corrected chi connectivity index (χ3v) is 6.26. The number of carboxylic acids is 1. The lowest BCUT2D eigenvalue weighted by atomic mass is 9.95. The molecule has 0 spiro atoms. The zero-order valence-corrected chi connectivity index (χ0v) is 12.9. The van der Waals surface area contributed by atoms with Crippen molar-refractivity contribution in [1.29, 1.82) is 0 Å². The van der Waals surface area contributed by atoms with Crippen molar-refractivity contribution >= 4 is 15.8 Å². The second-order valence-electron chi connectivity index (χ2n) is 6.34. The molecule has 112 valence electrons. The summed E-state index contributed by atoms with van der Waals surface area (Å²) in [5, 5.41) is 8.80. The fourth-order valence-electron chi connectivity index (χ4n) is 2.32. The van der Waals surface area contributed by atoms with E-state index in [9.17, 15) is 13.2 Å². The molecular weight excluding hydrogens is 266 g/mol. The minimum atomic E-state index is -3.10. The molecule has 0 aromatic carbocycles. The number of likely N-dealkylation sites (tertiary alicyclic amines) is 1. The Morgan fingerprint density at radius 2 is 2.00 bits per heavy atom. The van der Waals surface area contributed by atoms with Gasteiger partial charge in [-0.2, -0.15) is 0 Å². The predicted octanol–water partition coefficient (Wildman–Crippen LogP) is 1.39. The molecule has 0 radical (unpaired) electrons. The van der Waals surface area contributed by atoms with E-state index in [-0.39, 0.29) is 18.1 Å². The smallest absolute Gasteiger partial charge is 0.303 e. The van der Waals surface area contributed by atoms with Gasteiger partial charge in [0.2, 0.25) is 0 Å². The Morgan fingerprint density at radius 3 is 2.53 bits per heavy atom. The minimum Gasteiger partial charge on any atom is -0.481 e. The minimum absolute atomic E-state index is 0.149. The summed E-state index contributed by atoms with van der Waals surface area (Å²) in [4.78, 5) is 12.8. The lowest BCUT2D eigenvalue weighted by Gasteiger charge is -2.32. The van der Waals surface area contributed by atoms with Crippen molar-refractivity contribution < 1.29 is 18.3 Å². The first-order valence-electron chi connectivity index (χ1n) is 6.78. The van der Waals surface area contributed by atoms with E-state index in [1.165, 1.54) is 0 Å². The molecule has 5 nitrogen and oxygen atoms in total. The topological polar surface area (TPSA) is 74.7 Å². The van der Waals surface area contributed by atoms with Gasteiger partial charge in [0.1, 0.15) is 0 Å². The van der Waals surface area contributed by atoms with Crippen molar-refractivity contribution in [2.24, 2.45) is 5.92 Å². The number of nitrogens with zero attached hydrogens (tertiary/aromatic N) is 1. The molecule has 1 atom stereocenters. The standard InChI is InChI=1S/C13H25NO4S/c1-13(2,3)19(17,18)8-7-14-6-4-5-11(10-14)9-12(15)16/h11H,4-10H2,1-3H3,(H,15,16). The number of aliphatic carboxylic acids is 1. The van der Waals surface area contributed by atoms with Gasteiger partial charge in [0.05, 0.1) is 10.5 Å². The van der Waals surface area contributed by atoms with E-state index in [0.29, 0.717) is 13.1 Å². The van der Waals surface area contributed by atoms with Gasteiger partial charge in [-0.1, -0.05) is 0 Å². The highest BCUT2D eigenvalue weighted by molar-refractivity contribution is 7.92. The number of hydrogen-bond acceptors (Lipinski definition) is 4. The van der Waals surface area contributed by atoms with Gasteiger partial charge >= 0.3 is 5.97 Å². The van der Waals surface area contributed by atoms with E-state index in [1.54, 1.807) is 20.8 Å². The van der Waals surface area contributed by atoms with Crippen molar-refractivity contribution in [1.82, 2.24) is 4.90 Å². The van der Waals surface area contributed by atoms with Crippen LogP contribution >= 0.6 is 0 Å². The van der Waals surface area contributed by atoms with Crippen LogP contribution in [0.4, 0.5) is 0 Å². The van der Waals surface area contributed by atoms with Crippen LogP contribution in [-0.2, 0) is 14.6 Å². The van der Waals surface area contributed by atoms with Crippen molar-refractivity contribution in [3.8, 4) is 0 Å². The Morgan fingerprint density at radius 1 is 1.37 bits per heavy atom. The molecule has 1 saturated heterocycles. The molecule has 19 heavy (non-hydrogen) atoms. The lowest BCUT2D eigenvalue weighted by molar-refractivity contribution is -0.138. The van der Waals surface area contributed by atoms with Crippen LogP contribution in [0, 0.1) is 5.92 Å². The maximum atomic E-state index is 12.0. The third-order valence-electron chi connectivity index (χ3n) is 3.68. The molecule has 6 heteroatoms. The van der Waals surface area contributed by atoms with Gasteiger partial charge in [0, 0.05) is 19.5 Å². The average Bonchev–Trinajstić information content (AvgIpc) is 2.24. The molecule has 1 unspecified atom stereocenters. The van der Waals surface area contributed by atoms with Crippen LogP contribution < -0.4 is 0 Å². The van der Waals surface area contributed by atoms with Crippen molar-refractivity contribution in [3.05, 3.63) is 0 Å². The molecule has 1 aliphatic rings. The highest BCUT2D eigenvalue weighted by Crippen LogP contribution is 2.21. The molecular formula is C13H25NO4S. The second-order valence-corrected chi connectivity index (χ2v) is 9.20. The number of carboxylic acid groups (broad SMARTS) is 1. The second kappa shape index (κ2) is 6.22. The third kappa shape index (κ3) is 5.10. The summed E-state index contributed by atoms with van der Waals surface area (Å²) in [5.41, 5.74) is 0. The largest absolute Gasteiger partial charge is 0.481 e. The quantitative estimate of drug-likeness (QED) is 0.828. The fourth-order valence-corrected chi connectivity index (χ4v) is 3.43. The van der Waals surface area contributed by atoms with Crippen LogP contribution in [0.2, 0.25) is 0 Å². The van der Waals surface area contributed by atoms with E-state index in [4.69, 9.17) is 5.11 Å². The first-order valence-corrected chi connectivity index (χ1v) is 8.43. The van der Waals surface area contributed by atoms with E-state index in [1.807, 2.05) is 0 Å².